The minimum atomic E-state index is 0. The van der Waals surface area contributed by atoms with Crippen LogP contribution in [0.1, 0.15) is 58.8 Å². The van der Waals surface area contributed by atoms with Gasteiger partial charge in [0.2, 0.25) is 0 Å². The minimum absolute atomic E-state index is 0. The summed E-state index contributed by atoms with van der Waals surface area (Å²) in [5.74, 6) is 2.37. The van der Waals surface area contributed by atoms with E-state index in [1.807, 2.05) is 7.05 Å². The maximum absolute atomic E-state index is 4.56. The molecular formula is C19H39IN4S. The van der Waals surface area contributed by atoms with Gasteiger partial charge in [-0.1, -0.05) is 19.3 Å². The molecule has 1 saturated heterocycles. The summed E-state index contributed by atoms with van der Waals surface area (Å²) in [5.41, 5.74) is 0. The first-order valence-electron chi connectivity index (χ1n) is 9.86. The number of unbranched alkanes of at least 4 members (excludes halogenated alkanes) is 1. The second-order valence-electron chi connectivity index (χ2n) is 7.77. The maximum Gasteiger partial charge on any atom is 0.193 e. The third-order valence-electron chi connectivity index (χ3n) is 5.63. The molecule has 0 aromatic carbocycles. The van der Waals surface area contributed by atoms with Crippen molar-refractivity contribution in [2.75, 3.05) is 46.0 Å². The van der Waals surface area contributed by atoms with Crippen LogP contribution in [-0.4, -0.2) is 72.6 Å². The zero-order chi connectivity index (χ0) is 17.4. The van der Waals surface area contributed by atoms with E-state index in [-0.39, 0.29) is 24.0 Å². The van der Waals surface area contributed by atoms with Gasteiger partial charge in [0.1, 0.15) is 0 Å². The first kappa shape index (κ1) is 23.3. The molecule has 0 aromatic rings. The molecule has 1 aliphatic carbocycles. The van der Waals surface area contributed by atoms with E-state index < -0.39 is 0 Å². The van der Waals surface area contributed by atoms with Crippen molar-refractivity contribution in [2.24, 2.45) is 4.99 Å². The number of hydrogen-bond acceptors (Lipinski definition) is 3. The number of hydrogen-bond donors (Lipinski definition) is 1. The Balaban J connectivity index is 0.00000312. The van der Waals surface area contributed by atoms with E-state index in [4.69, 9.17) is 0 Å². The highest BCUT2D eigenvalue weighted by atomic mass is 127. The van der Waals surface area contributed by atoms with E-state index in [1.54, 1.807) is 0 Å². The van der Waals surface area contributed by atoms with Crippen molar-refractivity contribution in [1.82, 2.24) is 15.1 Å². The van der Waals surface area contributed by atoms with E-state index >= 15 is 0 Å². The Morgan fingerprint density at radius 1 is 1.24 bits per heavy atom. The number of halogens is 1. The second kappa shape index (κ2) is 11.9. The van der Waals surface area contributed by atoms with Gasteiger partial charge in [0, 0.05) is 43.2 Å². The van der Waals surface area contributed by atoms with Gasteiger partial charge in [-0.2, -0.15) is 11.8 Å². The molecule has 1 spiro atoms. The summed E-state index contributed by atoms with van der Waals surface area (Å²) in [6, 6.07) is 0.642. The van der Waals surface area contributed by atoms with Crippen LogP contribution in [0.4, 0.5) is 0 Å². The summed E-state index contributed by atoms with van der Waals surface area (Å²) < 4.78 is 0.508. The first-order valence-corrected chi connectivity index (χ1v) is 10.8. The molecule has 25 heavy (non-hydrogen) atoms. The van der Waals surface area contributed by atoms with Gasteiger partial charge >= 0.3 is 0 Å². The molecule has 0 amide bonds. The molecule has 1 N–H and O–H groups in total. The molecule has 0 unspecified atom stereocenters. The zero-order valence-electron chi connectivity index (χ0n) is 16.7. The molecular weight excluding hydrogens is 443 g/mol. The van der Waals surface area contributed by atoms with Crippen molar-refractivity contribution >= 4 is 41.7 Å². The lowest BCUT2D eigenvalue weighted by Gasteiger charge is -2.45. The fourth-order valence-corrected chi connectivity index (χ4v) is 5.37. The SMILES string of the molecule is CN=C(NCCCCN(C)C(C)C)N1CCSC2(CCCCC2)C1.I. The van der Waals surface area contributed by atoms with E-state index in [0.29, 0.717) is 10.8 Å². The highest BCUT2D eigenvalue weighted by molar-refractivity contribution is 14.0. The summed E-state index contributed by atoms with van der Waals surface area (Å²) >= 11 is 2.23. The van der Waals surface area contributed by atoms with Crippen molar-refractivity contribution < 1.29 is 0 Å². The van der Waals surface area contributed by atoms with Gasteiger partial charge in [0.05, 0.1) is 0 Å². The van der Waals surface area contributed by atoms with Gasteiger partial charge in [-0.25, -0.2) is 0 Å². The Bertz CT molecular complexity index is 391. The number of nitrogens with one attached hydrogen (secondary N) is 1. The summed E-state index contributed by atoms with van der Waals surface area (Å²) in [5, 5.41) is 3.61. The smallest absolute Gasteiger partial charge is 0.193 e. The standard InChI is InChI=1S/C19H38N4S.HI/c1-17(2)22(4)13-9-8-12-21-18(20-3)23-14-15-24-19(16-23)10-6-5-7-11-19;/h17H,5-16H2,1-4H3,(H,20,21);1H. The number of rotatable bonds is 6. The Kier molecular flexibility index (Phi) is 11.1. The van der Waals surface area contributed by atoms with Crippen LogP contribution in [0.15, 0.2) is 4.99 Å². The monoisotopic (exact) mass is 482 g/mol. The number of nitrogens with zero attached hydrogens (tertiary/aromatic N) is 3. The lowest BCUT2D eigenvalue weighted by Crippen LogP contribution is -2.53. The summed E-state index contributed by atoms with van der Waals surface area (Å²) in [6.45, 7) is 9.07. The van der Waals surface area contributed by atoms with Crippen LogP contribution in [0.3, 0.4) is 0 Å². The molecule has 2 aliphatic rings. The van der Waals surface area contributed by atoms with Crippen molar-refractivity contribution in [1.29, 1.82) is 0 Å². The number of guanidine groups is 1. The third-order valence-corrected chi connectivity index (χ3v) is 7.16. The fourth-order valence-electron chi connectivity index (χ4n) is 3.80. The van der Waals surface area contributed by atoms with Gasteiger partial charge < -0.3 is 15.1 Å². The molecule has 2 rings (SSSR count). The molecule has 0 atom stereocenters. The quantitative estimate of drug-likeness (QED) is 0.268. The molecule has 4 nitrogen and oxygen atoms in total. The molecule has 6 heteroatoms. The predicted octanol–water partition coefficient (Wildman–Crippen LogP) is 4.05. The van der Waals surface area contributed by atoms with Crippen LogP contribution < -0.4 is 5.32 Å². The van der Waals surface area contributed by atoms with Gasteiger partial charge in [-0.3, -0.25) is 4.99 Å². The minimum Gasteiger partial charge on any atom is -0.356 e. The van der Waals surface area contributed by atoms with E-state index in [9.17, 15) is 0 Å². The topological polar surface area (TPSA) is 30.9 Å². The van der Waals surface area contributed by atoms with Crippen molar-refractivity contribution in [2.45, 2.75) is 69.6 Å². The fraction of sp³-hybridized carbons (Fsp3) is 0.947. The lowest BCUT2D eigenvalue weighted by atomic mass is 9.87. The average Bonchev–Trinajstić information content (AvgIpc) is 2.58. The Labute approximate surface area is 177 Å². The van der Waals surface area contributed by atoms with Crippen LogP contribution in [0.5, 0.6) is 0 Å². The Hall–Kier alpha value is 0.310. The van der Waals surface area contributed by atoms with Crippen LogP contribution in [0.25, 0.3) is 0 Å². The maximum atomic E-state index is 4.56. The number of aliphatic imine (C=N–C) groups is 1. The Morgan fingerprint density at radius 2 is 1.96 bits per heavy atom. The normalized spacial score (nSPS) is 20.9. The molecule has 1 aliphatic heterocycles. The summed E-state index contributed by atoms with van der Waals surface area (Å²) in [4.78, 5) is 9.50. The van der Waals surface area contributed by atoms with Gasteiger partial charge in [0.15, 0.2) is 5.96 Å². The molecule has 0 bridgehead atoms. The van der Waals surface area contributed by atoms with Gasteiger partial charge in [0.25, 0.3) is 0 Å². The Morgan fingerprint density at radius 3 is 2.60 bits per heavy atom. The van der Waals surface area contributed by atoms with Crippen LogP contribution >= 0.6 is 35.7 Å². The lowest BCUT2D eigenvalue weighted by molar-refractivity contribution is 0.268. The van der Waals surface area contributed by atoms with Crippen molar-refractivity contribution in [3.63, 3.8) is 0 Å². The summed E-state index contributed by atoms with van der Waals surface area (Å²) in [7, 11) is 4.15. The van der Waals surface area contributed by atoms with E-state index in [0.717, 1.165) is 19.0 Å². The second-order valence-corrected chi connectivity index (χ2v) is 9.33. The highest BCUT2D eigenvalue weighted by Gasteiger charge is 2.38. The predicted molar refractivity (Wildman–Crippen MR) is 124 cm³/mol. The first-order chi connectivity index (χ1) is 11.6. The molecule has 148 valence electrons. The molecule has 2 fully saturated rings. The highest BCUT2D eigenvalue weighted by Crippen LogP contribution is 2.42. The summed E-state index contributed by atoms with van der Waals surface area (Å²) in [6.07, 6.45) is 9.51. The van der Waals surface area contributed by atoms with Crippen LogP contribution in [0.2, 0.25) is 0 Å². The van der Waals surface area contributed by atoms with E-state index in [1.165, 1.54) is 63.8 Å². The molecule has 0 radical (unpaired) electrons. The van der Waals surface area contributed by atoms with Crippen LogP contribution in [-0.2, 0) is 0 Å². The molecule has 1 heterocycles. The molecule has 1 saturated carbocycles. The molecule has 0 aromatic heterocycles. The largest absolute Gasteiger partial charge is 0.356 e. The van der Waals surface area contributed by atoms with Crippen LogP contribution in [0, 0.1) is 0 Å². The number of thioether (sulfide) groups is 1. The van der Waals surface area contributed by atoms with Gasteiger partial charge in [-0.05, 0) is 53.1 Å². The average molecular weight is 483 g/mol. The van der Waals surface area contributed by atoms with Crippen molar-refractivity contribution in [3.05, 3.63) is 0 Å². The zero-order valence-corrected chi connectivity index (χ0v) is 19.9. The third kappa shape index (κ3) is 7.45. The van der Waals surface area contributed by atoms with Crippen molar-refractivity contribution in [3.8, 4) is 0 Å². The van der Waals surface area contributed by atoms with E-state index in [2.05, 4.69) is 52.8 Å². The van der Waals surface area contributed by atoms with Gasteiger partial charge in [-0.15, -0.1) is 24.0 Å².